The smallest absolute Gasteiger partial charge is 0.113 e. The third-order valence-corrected chi connectivity index (χ3v) is 3.93. The molecule has 2 radical (unpaired) electrons. The first-order chi connectivity index (χ1) is 11.1. The Labute approximate surface area is 168 Å². The standard InChI is InChI=1S/C21H22BN.CH3.Pd/c1-5-21(23-6-2)20(14-17-10-8-11-18(22)13-17)19-12-7-9-15(3)16(19)4;;/h5-14H,1-4H3;1H3;/q;-1;/b20-14-,21-5-,23-6?;;. The van der Waals surface area contributed by atoms with Gasteiger partial charge < -0.3 is 7.43 Å². The van der Waals surface area contributed by atoms with Crippen LogP contribution in [-0.2, 0) is 20.4 Å². The maximum absolute atomic E-state index is 5.92. The van der Waals surface area contributed by atoms with Crippen molar-refractivity contribution in [2.45, 2.75) is 27.7 Å². The van der Waals surface area contributed by atoms with Gasteiger partial charge in [0.05, 0.1) is 5.70 Å². The van der Waals surface area contributed by atoms with Gasteiger partial charge >= 0.3 is 0 Å². The molecule has 2 rings (SSSR count). The van der Waals surface area contributed by atoms with E-state index in [9.17, 15) is 0 Å². The Morgan fingerprint density at radius 1 is 1.04 bits per heavy atom. The number of aryl methyl sites for hydroxylation is 1. The van der Waals surface area contributed by atoms with E-state index in [0.717, 1.165) is 22.3 Å². The van der Waals surface area contributed by atoms with E-state index in [1.54, 1.807) is 0 Å². The first kappa shape index (κ1) is 23.3. The average molecular weight is 421 g/mol. The topological polar surface area (TPSA) is 12.4 Å². The molecule has 0 aliphatic carbocycles. The summed E-state index contributed by atoms with van der Waals surface area (Å²) in [4.78, 5) is 4.55. The number of aliphatic imine (C=N–C) groups is 1. The van der Waals surface area contributed by atoms with Crippen molar-refractivity contribution >= 4 is 31.2 Å². The summed E-state index contributed by atoms with van der Waals surface area (Å²) >= 11 is 0. The van der Waals surface area contributed by atoms with Crippen LogP contribution in [0.2, 0.25) is 0 Å². The molecule has 0 saturated heterocycles. The third kappa shape index (κ3) is 5.96. The summed E-state index contributed by atoms with van der Waals surface area (Å²) in [5.41, 5.74) is 7.66. The molecule has 0 spiro atoms. The summed E-state index contributed by atoms with van der Waals surface area (Å²) in [7, 11) is 5.92. The zero-order valence-electron chi connectivity index (χ0n) is 15.6. The quantitative estimate of drug-likeness (QED) is 0.215. The fourth-order valence-corrected chi connectivity index (χ4v) is 2.59. The van der Waals surface area contributed by atoms with Gasteiger partial charge in [0.15, 0.2) is 0 Å². The van der Waals surface area contributed by atoms with Crippen LogP contribution >= 0.6 is 0 Å². The minimum absolute atomic E-state index is 0. The zero-order chi connectivity index (χ0) is 16.8. The van der Waals surface area contributed by atoms with E-state index >= 15 is 0 Å². The van der Waals surface area contributed by atoms with Gasteiger partial charge in [-0.3, -0.25) is 4.99 Å². The molecule has 0 atom stereocenters. The van der Waals surface area contributed by atoms with Gasteiger partial charge in [-0.2, -0.15) is 0 Å². The van der Waals surface area contributed by atoms with Crippen molar-refractivity contribution in [2.24, 2.45) is 4.99 Å². The zero-order valence-corrected chi connectivity index (χ0v) is 17.2. The molecule has 0 unspecified atom stereocenters. The van der Waals surface area contributed by atoms with Crippen molar-refractivity contribution in [3.05, 3.63) is 83.9 Å². The van der Waals surface area contributed by atoms with E-state index in [1.165, 1.54) is 16.7 Å². The van der Waals surface area contributed by atoms with Crippen LogP contribution in [0, 0.1) is 21.3 Å². The molecule has 2 aromatic rings. The number of hydrogen-bond donors (Lipinski definition) is 0. The van der Waals surface area contributed by atoms with E-state index in [1.807, 2.05) is 44.3 Å². The molecule has 0 heterocycles. The minimum atomic E-state index is 0. The SMILES string of the molecule is [B]c1cccc(/C=C(\C(=C\C)N=CC)c2cccc(C)c2C)c1.[CH3-].[Pd]. The second kappa shape index (κ2) is 11.0. The molecule has 25 heavy (non-hydrogen) atoms. The maximum atomic E-state index is 5.92. The van der Waals surface area contributed by atoms with Gasteiger partial charge in [0.2, 0.25) is 0 Å². The molecule has 0 N–H and O–H groups in total. The fourth-order valence-electron chi connectivity index (χ4n) is 2.59. The Hall–Kier alpha value is -1.68. The second-order valence-electron chi connectivity index (χ2n) is 5.54. The van der Waals surface area contributed by atoms with E-state index < -0.39 is 0 Å². The average Bonchev–Trinajstić information content (AvgIpc) is 2.54. The number of hydrogen-bond acceptors (Lipinski definition) is 1. The van der Waals surface area contributed by atoms with E-state index in [-0.39, 0.29) is 27.8 Å². The molecule has 0 aromatic heterocycles. The molecule has 1 nitrogen and oxygen atoms in total. The van der Waals surface area contributed by atoms with Crippen LogP contribution in [0.15, 0.2) is 59.2 Å². The molecular formula is C22H25BNPd-. The van der Waals surface area contributed by atoms with Crippen LogP contribution in [0.4, 0.5) is 0 Å². The van der Waals surface area contributed by atoms with Gasteiger partial charge in [0.25, 0.3) is 0 Å². The Kier molecular flexibility index (Phi) is 10.3. The van der Waals surface area contributed by atoms with Crippen LogP contribution in [0.25, 0.3) is 11.6 Å². The molecular weight excluding hydrogens is 395 g/mol. The molecule has 132 valence electrons. The van der Waals surface area contributed by atoms with Crippen LogP contribution in [0.1, 0.15) is 36.1 Å². The molecule has 0 aliphatic rings. The summed E-state index contributed by atoms with van der Waals surface area (Å²) in [5, 5.41) is 0. The van der Waals surface area contributed by atoms with E-state index in [0.29, 0.717) is 0 Å². The third-order valence-electron chi connectivity index (χ3n) is 3.93. The molecule has 0 amide bonds. The normalized spacial score (nSPS) is 11.8. The molecule has 2 aromatic carbocycles. The number of allylic oxidation sites excluding steroid dienone is 2. The van der Waals surface area contributed by atoms with Crippen molar-refractivity contribution in [2.75, 3.05) is 0 Å². The van der Waals surface area contributed by atoms with Crippen LogP contribution in [-0.4, -0.2) is 14.1 Å². The van der Waals surface area contributed by atoms with E-state index in [2.05, 4.69) is 49.2 Å². The second-order valence-corrected chi connectivity index (χ2v) is 5.54. The largest absolute Gasteiger partial charge is 0.358 e. The Balaban J connectivity index is 0.00000288. The Bertz CT molecular complexity index is 788. The molecule has 3 heteroatoms. The molecule has 0 fully saturated rings. The summed E-state index contributed by atoms with van der Waals surface area (Å²) in [6, 6.07) is 14.3. The van der Waals surface area contributed by atoms with E-state index in [4.69, 9.17) is 7.85 Å². The summed E-state index contributed by atoms with van der Waals surface area (Å²) in [6.07, 6.45) is 6.02. The summed E-state index contributed by atoms with van der Waals surface area (Å²) in [5.74, 6) is 0. The van der Waals surface area contributed by atoms with Gasteiger partial charge in [0.1, 0.15) is 7.85 Å². The predicted octanol–water partition coefficient (Wildman–Crippen LogP) is 5.08. The summed E-state index contributed by atoms with van der Waals surface area (Å²) in [6.45, 7) is 8.24. The van der Waals surface area contributed by atoms with Gasteiger partial charge in [-0.05, 0) is 56.0 Å². The van der Waals surface area contributed by atoms with Crippen molar-refractivity contribution in [1.29, 1.82) is 0 Å². The molecule has 0 saturated carbocycles. The predicted molar refractivity (Wildman–Crippen MR) is 110 cm³/mol. The molecule has 0 aliphatic heterocycles. The number of benzene rings is 2. The van der Waals surface area contributed by atoms with Crippen LogP contribution in [0.5, 0.6) is 0 Å². The fraction of sp³-hybridized carbons (Fsp3) is 0.182. The summed E-state index contributed by atoms with van der Waals surface area (Å²) < 4.78 is 0. The Morgan fingerprint density at radius 2 is 1.72 bits per heavy atom. The maximum Gasteiger partial charge on any atom is 0.113 e. The number of rotatable bonds is 4. The first-order valence-electron chi connectivity index (χ1n) is 7.86. The van der Waals surface area contributed by atoms with Crippen molar-refractivity contribution in [3.8, 4) is 0 Å². The minimum Gasteiger partial charge on any atom is -0.358 e. The number of nitrogens with zero attached hydrogens (tertiary/aromatic N) is 1. The van der Waals surface area contributed by atoms with Crippen LogP contribution < -0.4 is 5.46 Å². The van der Waals surface area contributed by atoms with Crippen molar-refractivity contribution in [1.82, 2.24) is 0 Å². The van der Waals surface area contributed by atoms with Gasteiger partial charge in [-0.1, -0.05) is 54.0 Å². The molecule has 0 bridgehead atoms. The van der Waals surface area contributed by atoms with Gasteiger partial charge in [-0.15, -0.1) is 0 Å². The van der Waals surface area contributed by atoms with Crippen LogP contribution in [0.3, 0.4) is 0 Å². The first-order valence-corrected chi connectivity index (χ1v) is 7.86. The van der Waals surface area contributed by atoms with Crippen molar-refractivity contribution < 1.29 is 20.4 Å². The van der Waals surface area contributed by atoms with Crippen molar-refractivity contribution in [3.63, 3.8) is 0 Å². The van der Waals surface area contributed by atoms with Gasteiger partial charge in [-0.25, -0.2) is 0 Å². The Morgan fingerprint density at radius 3 is 2.32 bits per heavy atom. The monoisotopic (exact) mass is 420 g/mol. The van der Waals surface area contributed by atoms with Gasteiger partial charge in [0, 0.05) is 32.2 Å².